The summed E-state index contributed by atoms with van der Waals surface area (Å²) in [5, 5.41) is 3.07. The molecule has 2 atom stereocenters. The smallest absolute Gasteiger partial charge is 0.303 e. The molecule has 1 N–H and O–H groups in total. The van der Waals surface area contributed by atoms with Crippen molar-refractivity contribution in [2.75, 3.05) is 0 Å². The van der Waals surface area contributed by atoms with Crippen molar-refractivity contribution < 1.29 is 14.3 Å². The van der Waals surface area contributed by atoms with Crippen molar-refractivity contribution in [1.29, 1.82) is 0 Å². The summed E-state index contributed by atoms with van der Waals surface area (Å²) in [4.78, 5) is 24.6. The molecule has 4 nitrogen and oxygen atoms in total. The van der Waals surface area contributed by atoms with E-state index >= 15 is 0 Å². The molecule has 0 saturated heterocycles. The van der Waals surface area contributed by atoms with E-state index in [1.807, 2.05) is 78.9 Å². The number of hydrogen-bond acceptors (Lipinski definition) is 3. The molecule has 0 fully saturated rings. The van der Waals surface area contributed by atoms with E-state index < -0.39 is 12.1 Å². The van der Waals surface area contributed by atoms with Crippen LogP contribution in [0, 0.1) is 0 Å². The van der Waals surface area contributed by atoms with Crippen molar-refractivity contribution in [1.82, 2.24) is 5.32 Å². The Morgan fingerprint density at radius 2 is 1.29 bits per heavy atom. The van der Waals surface area contributed by atoms with Crippen LogP contribution in [0.2, 0.25) is 0 Å². The highest BCUT2D eigenvalue weighted by Gasteiger charge is 2.26. The highest BCUT2D eigenvalue weighted by atomic mass is 16.5. The molecular weight excluding hydrogens is 350 g/mol. The number of carbonyl (C=O) groups excluding carboxylic acids is 2. The van der Waals surface area contributed by atoms with Crippen LogP contribution in [-0.2, 0) is 20.7 Å². The van der Waals surface area contributed by atoms with Crippen LogP contribution in [0.4, 0.5) is 0 Å². The Morgan fingerprint density at radius 1 is 0.786 bits per heavy atom. The van der Waals surface area contributed by atoms with Gasteiger partial charge in [-0.1, -0.05) is 91.0 Å². The average Bonchev–Trinajstić information content (AvgIpc) is 2.73. The number of hydrogen-bond donors (Lipinski definition) is 1. The second kappa shape index (κ2) is 9.51. The molecule has 142 valence electrons. The van der Waals surface area contributed by atoms with Gasteiger partial charge in [0.25, 0.3) is 5.91 Å². The van der Waals surface area contributed by atoms with Crippen LogP contribution in [0.5, 0.6) is 0 Å². The number of benzene rings is 3. The summed E-state index contributed by atoms with van der Waals surface area (Å²) in [7, 11) is 0. The van der Waals surface area contributed by atoms with Crippen molar-refractivity contribution in [3.05, 3.63) is 108 Å². The van der Waals surface area contributed by atoms with Crippen molar-refractivity contribution in [3.8, 4) is 0 Å². The van der Waals surface area contributed by atoms with Crippen molar-refractivity contribution in [3.63, 3.8) is 0 Å². The van der Waals surface area contributed by atoms with E-state index in [4.69, 9.17) is 4.74 Å². The predicted molar refractivity (Wildman–Crippen MR) is 108 cm³/mol. The minimum atomic E-state index is -0.985. The van der Waals surface area contributed by atoms with E-state index in [2.05, 4.69) is 5.32 Å². The number of amides is 1. The fourth-order valence-electron chi connectivity index (χ4n) is 3.10. The molecular formula is C24H23NO3. The fourth-order valence-corrected chi connectivity index (χ4v) is 3.10. The molecule has 3 aromatic rings. The molecule has 0 heterocycles. The number of esters is 1. The quantitative estimate of drug-likeness (QED) is 0.625. The highest BCUT2D eigenvalue weighted by Crippen LogP contribution is 2.23. The molecule has 3 aromatic carbocycles. The van der Waals surface area contributed by atoms with E-state index in [0.29, 0.717) is 12.0 Å². The first-order chi connectivity index (χ1) is 13.6. The lowest BCUT2D eigenvalue weighted by molar-refractivity contribution is -0.154. The molecule has 4 heteroatoms. The van der Waals surface area contributed by atoms with Gasteiger partial charge >= 0.3 is 5.97 Å². The van der Waals surface area contributed by atoms with Crippen molar-refractivity contribution in [2.45, 2.75) is 25.5 Å². The van der Waals surface area contributed by atoms with Crippen LogP contribution < -0.4 is 5.32 Å². The van der Waals surface area contributed by atoms with Gasteiger partial charge in [-0.25, -0.2) is 0 Å². The Morgan fingerprint density at radius 3 is 1.82 bits per heavy atom. The summed E-state index contributed by atoms with van der Waals surface area (Å²) >= 11 is 0. The lowest BCUT2D eigenvalue weighted by atomic mass is 9.98. The zero-order valence-electron chi connectivity index (χ0n) is 15.7. The standard InChI is InChI=1S/C24H23NO3/c1-18(26)28-23(21-15-9-4-10-16-21)24(27)25-22(20-13-7-3-8-14-20)17-19-11-5-2-6-12-19/h2-16,22-23H,17H2,1H3,(H,25,27)/t22-,23-/m0/s1. The molecule has 0 unspecified atom stereocenters. The molecule has 0 aliphatic rings. The minimum absolute atomic E-state index is 0.238. The largest absolute Gasteiger partial charge is 0.447 e. The number of carbonyl (C=O) groups is 2. The topological polar surface area (TPSA) is 55.4 Å². The third-order valence-electron chi connectivity index (χ3n) is 4.43. The molecule has 0 spiro atoms. The van der Waals surface area contributed by atoms with Gasteiger partial charge in [0, 0.05) is 12.5 Å². The molecule has 0 aliphatic carbocycles. The van der Waals surface area contributed by atoms with Gasteiger partial charge in [-0.2, -0.15) is 0 Å². The summed E-state index contributed by atoms with van der Waals surface area (Å²) in [6.07, 6.45) is -0.348. The Bertz CT molecular complexity index is 895. The van der Waals surface area contributed by atoms with E-state index in [0.717, 1.165) is 11.1 Å². The van der Waals surface area contributed by atoms with Gasteiger partial charge in [-0.05, 0) is 17.5 Å². The van der Waals surface area contributed by atoms with Gasteiger partial charge in [0.2, 0.25) is 6.10 Å². The zero-order chi connectivity index (χ0) is 19.8. The first-order valence-electron chi connectivity index (χ1n) is 9.25. The Hall–Kier alpha value is -3.40. The zero-order valence-corrected chi connectivity index (χ0v) is 15.7. The lowest BCUT2D eigenvalue weighted by Gasteiger charge is -2.23. The van der Waals surface area contributed by atoms with Gasteiger partial charge in [-0.3, -0.25) is 9.59 Å². The summed E-state index contributed by atoms with van der Waals surface area (Å²) in [5.41, 5.74) is 2.75. The molecule has 0 aromatic heterocycles. The monoisotopic (exact) mass is 373 g/mol. The van der Waals surface area contributed by atoms with E-state index in [1.54, 1.807) is 12.1 Å². The van der Waals surface area contributed by atoms with E-state index in [1.165, 1.54) is 6.92 Å². The normalized spacial score (nSPS) is 12.6. The van der Waals surface area contributed by atoms with Gasteiger partial charge in [0.05, 0.1) is 6.04 Å². The van der Waals surface area contributed by atoms with Crippen LogP contribution in [-0.4, -0.2) is 11.9 Å². The Balaban J connectivity index is 1.85. The molecule has 0 radical (unpaired) electrons. The maximum Gasteiger partial charge on any atom is 0.303 e. The van der Waals surface area contributed by atoms with Crippen molar-refractivity contribution >= 4 is 11.9 Å². The van der Waals surface area contributed by atoms with Gasteiger partial charge in [0.15, 0.2) is 0 Å². The predicted octanol–water partition coefficient (Wildman–Crippen LogP) is 4.39. The van der Waals surface area contributed by atoms with Crippen LogP contribution in [0.25, 0.3) is 0 Å². The van der Waals surface area contributed by atoms with Crippen LogP contribution >= 0.6 is 0 Å². The number of rotatable bonds is 7. The maximum atomic E-state index is 13.1. The van der Waals surface area contributed by atoms with E-state index in [-0.39, 0.29) is 11.9 Å². The molecule has 1 amide bonds. The molecule has 28 heavy (non-hydrogen) atoms. The van der Waals surface area contributed by atoms with Gasteiger partial charge < -0.3 is 10.1 Å². The summed E-state index contributed by atoms with van der Waals surface area (Å²) in [6.45, 7) is 1.31. The third kappa shape index (κ3) is 5.30. The van der Waals surface area contributed by atoms with Crippen LogP contribution in [0.3, 0.4) is 0 Å². The lowest BCUT2D eigenvalue weighted by Crippen LogP contribution is -2.35. The first kappa shape index (κ1) is 19.4. The van der Waals surface area contributed by atoms with E-state index in [9.17, 15) is 9.59 Å². The maximum absolute atomic E-state index is 13.1. The number of ether oxygens (including phenoxy) is 1. The average molecular weight is 373 g/mol. The Labute approximate surface area is 165 Å². The molecule has 0 aliphatic heterocycles. The van der Waals surface area contributed by atoms with Gasteiger partial charge in [-0.15, -0.1) is 0 Å². The number of nitrogens with one attached hydrogen (secondary N) is 1. The highest BCUT2D eigenvalue weighted by molar-refractivity contribution is 5.85. The van der Waals surface area contributed by atoms with Crippen molar-refractivity contribution in [2.24, 2.45) is 0 Å². The molecule has 0 bridgehead atoms. The second-order valence-electron chi connectivity index (χ2n) is 6.56. The first-order valence-corrected chi connectivity index (χ1v) is 9.25. The van der Waals surface area contributed by atoms with Crippen LogP contribution in [0.15, 0.2) is 91.0 Å². The third-order valence-corrected chi connectivity index (χ3v) is 4.43. The minimum Gasteiger partial charge on any atom is -0.447 e. The summed E-state index contributed by atoms with van der Waals surface area (Å²) < 4.78 is 5.33. The molecule has 3 rings (SSSR count). The fraction of sp³-hybridized carbons (Fsp3) is 0.167. The van der Waals surface area contributed by atoms with Gasteiger partial charge in [0.1, 0.15) is 0 Å². The summed E-state index contributed by atoms with van der Waals surface area (Å²) in [5.74, 6) is -0.838. The molecule has 0 saturated carbocycles. The Kier molecular flexibility index (Phi) is 6.58. The second-order valence-corrected chi connectivity index (χ2v) is 6.56. The SMILES string of the molecule is CC(=O)O[C@H](C(=O)N[C@@H](Cc1ccccc1)c1ccccc1)c1ccccc1. The summed E-state index contributed by atoms with van der Waals surface area (Å²) in [6, 6.07) is 28.6. The van der Waals surface area contributed by atoms with Crippen LogP contribution in [0.1, 0.15) is 35.8 Å².